The second-order valence-corrected chi connectivity index (χ2v) is 11.1. The van der Waals surface area contributed by atoms with Crippen molar-refractivity contribution in [2.24, 2.45) is 5.92 Å². The van der Waals surface area contributed by atoms with Crippen molar-refractivity contribution in [3.8, 4) is 0 Å². The highest BCUT2D eigenvalue weighted by Gasteiger charge is 2.58. The van der Waals surface area contributed by atoms with Crippen molar-refractivity contribution in [2.75, 3.05) is 31.6 Å². The van der Waals surface area contributed by atoms with Gasteiger partial charge in [-0.05, 0) is 55.8 Å². The average molecular weight is 499 g/mol. The van der Waals surface area contributed by atoms with Crippen molar-refractivity contribution in [3.63, 3.8) is 0 Å². The number of hydrogen-bond donors (Lipinski definition) is 2. The summed E-state index contributed by atoms with van der Waals surface area (Å²) in [4.78, 5) is 11.1. The number of likely N-dealkylation sites (tertiary alicyclic amines) is 1. The monoisotopic (exact) mass is 498 g/mol. The fourth-order valence-corrected chi connectivity index (χ4v) is 6.67. The van der Waals surface area contributed by atoms with Gasteiger partial charge in [0.1, 0.15) is 6.17 Å². The van der Waals surface area contributed by atoms with E-state index in [4.69, 9.17) is 21.3 Å². The average Bonchev–Trinajstić information content (AvgIpc) is 3.40. The molecule has 10 heteroatoms. The molecule has 2 saturated heterocycles. The highest BCUT2D eigenvalue weighted by atomic mass is 35.5. The maximum atomic E-state index is 15.4. The van der Waals surface area contributed by atoms with Crippen LogP contribution in [0.3, 0.4) is 0 Å². The lowest BCUT2D eigenvalue weighted by molar-refractivity contribution is -0.0977. The number of benzene rings is 1. The summed E-state index contributed by atoms with van der Waals surface area (Å²) in [5.74, 6) is 1.05. The molecule has 2 aliphatic heterocycles. The predicted octanol–water partition coefficient (Wildman–Crippen LogP) is 3.62. The van der Waals surface area contributed by atoms with Gasteiger partial charge in [0.15, 0.2) is 0 Å². The van der Waals surface area contributed by atoms with Gasteiger partial charge in [-0.25, -0.2) is 14.4 Å². The van der Waals surface area contributed by atoms with Gasteiger partial charge in [0.05, 0.1) is 48.3 Å². The minimum atomic E-state index is -1.09. The van der Waals surface area contributed by atoms with E-state index < -0.39 is 12.3 Å². The Morgan fingerprint density at radius 2 is 2.06 bits per heavy atom. The largest absolute Gasteiger partial charge is 0.389 e. The summed E-state index contributed by atoms with van der Waals surface area (Å²) in [5, 5.41) is 19.3. The molecule has 1 aromatic carbocycles. The van der Waals surface area contributed by atoms with Crippen molar-refractivity contribution < 1.29 is 14.2 Å². The smallest absolute Gasteiger partial charge is 0.227 e. The van der Waals surface area contributed by atoms with Crippen molar-refractivity contribution in [2.45, 2.75) is 55.5 Å². The molecule has 8 rings (SSSR count). The Labute approximate surface area is 207 Å². The van der Waals surface area contributed by atoms with E-state index in [1.54, 1.807) is 6.20 Å². The lowest BCUT2D eigenvalue weighted by atomic mass is 9.50. The number of alkyl halides is 1. The molecule has 3 aromatic rings. The Balaban J connectivity index is 1.10. The van der Waals surface area contributed by atoms with Gasteiger partial charge in [-0.15, -0.1) is 0 Å². The SMILES string of the molecule is O[C@H]1COC[C@H]1N1CC[C@@H](c2cc3nc(Nc4cnn(C56CC(C5)C6)c4)ncc3cc2Cl)[C@H](F)C1. The molecule has 5 aliphatic rings. The molecule has 0 amide bonds. The number of aliphatic hydroxyl groups excluding tert-OH is 1. The number of nitrogens with one attached hydrogen (secondary N) is 1. The van der Waals surface area contributed by atoms with Gasteiger partial charge in [-0.1, -0.05) is 11.6 Å². The number of anilines is 2. The van der Waals surface area contributed by atoms with Gasteiger partial charge in [0, 0.05) is 35.3 Å². The summed E-state index contributed by atoms with van der Waals surface area (Å²) in [7, 11) is 0. The number of nitrogens with zero attached hydrogens (tertiary/aromatic N) is 5. The van der Waals surface area contributed by atoms with Crippen LogP contribution in [0.4, 0.5) is 16.0 Å². The summed E-state index contributed by atoms with van der Waals surface area (Å²) in [6.07, 6.45) is 8.25. The number of aliphatic hydroxyl groups is 1. The molecule has 0 unspecified atom stereocenters. The van der Waals surface area contributed by atoms with Crippen LogP contribution in [0.2, 0.25) is 5.02 Å². The number of aromatic nitrogens is 4. The maximum absolute atomic E-state index is 15.4. The Hall–Kier alpha value is -2.33. The van der Waals surface area contributed by atoms with Crippen LogP contribution >= 0.6 is 11.6 Å². The molecule has 2 bridgehead atoms. The first-order valence-corrected chi connectivity index (χ1v) is 12.8. The zero-order chi connectivity index (χ0) is 23.7. The van der Waals surface area contributed by atoms with Crippen LogP contribution in [-0.4, -0.2) is 74.4 Å². The van der Waals surface area contributed by atoms with E-state index >= 15 is 4.39 Å². The summed E-state index contributed by atoms with van der Waals surface area (Å²) in [6, 6.07) is 3.59. The van der Waals surface area contributed by atoms with E-state index in [2.05, 4.69) is 20.1 Å². The minimum Gasteiger partial charge on any atom is -0.389 e. The molecule has 0 radical (unpaired) electrons. The Morgan fingerprint density at radius 1 is 1.20 bits per heavy atom. The first kappa shape index (κ1) is 21.9. The summed E-state index contributed by atoms with van der Waals surface area (Å²) >= 11 is 6.60. The second-order valence-electron chi connectivity index (χ2n) is 10.7. The molecule has 8 nitrogen and oxygen atoms in total. The van der Waals surface area contributed by atoms with Crippen LogP contribution in [0, 0.1) is 5.92 Å². The van der Waals surface area contributed by atoms with E-state index in [0.29, 0.717) is 37.2 Å². The van der Waals surface area contributed by atoms with Crippen molar-refractivity contribution in [1.29, 1.82) is 0 Å². The van der Waals surface area contributed by atoms with E-state index in [-0.39, 0.29) is 24.0 Å². The zero-order valence-corrected chi connectivity index (χ0v) is 20.0. The van der Waals surface area contributed by atoms with Crippen LogP contribution < -0.4 is 5.32 Å². The number of hydrogen-bond acceptors (Lipinski definition) is 7. The molecule has 2 N–H and O–H groups in total. The third kappa shape index (κ3) is 3.63. The molecule has 4 heterocycles. The molecule has 0 spiro atoms. The third-order valence-corrected chi connectivity index (χ3v) is 8.82. The van der Waals surface area contributed by atoms with E-state index in [1.165, 1.54) is 19.3 Å². The summed E-state index contributed by atoms with van der Waals surface area (Å²) in [5.41, 5.74) is 2.60. The van der Waals surface area contributed by atoms with E-state index in [1.807, 2.05) is 29.4 Å². The van der Waals surface area contributed by atoms with Gasteiger partial charge in [-0.3, -0.25) is 9.58 Å². The molecule has 184 valence electrons. The lowest BCUT2D eigenvalue weighted by Gasteiger charge is -2.61. The molecule has 35 heavy (non-hydrogen) atoms. The zero-order valence-electron chi connectivity index (χ0n) is 19.3. The maximum Gasteiger partial charge on any atom is 0.227 e. The molecule has 3 aliphatic carbocycles. The van der Waals surface area contributed by atoms with E-state index in [0.717, 1.165) is 28.1 Å². The van der Waals surface area contributed by atoms with Gasteiger partial charge in [0.2, 0.25) is 5.95 Å². The van der Waals surface area contributed by atoms with Gasteiger partial charge in [0.25, 0.3) is 0 Å². The summed E-state index contributed by atoms with van der Waals surface area (Å²) in [6.45, 7) is 1.71. The second kappa shape index (κ2) is 8.09. The van der Waals surface area contributed by atoms with Crippen LogP contribution in [0.5, 0.6) is 0 Å². The predicted molar refractivity (Wildman–Crippen MR) is 130 cm³/mol. The highest BCUT2D eigenvalue weighted by molar-refractivity contribution is 6.32. The van der Waals surface area contributed by atoms with Crippen molar-refractivity contribution in [3.05, 3.63) is 41.3 Å². The normalized spacial score (nSPS) is 34.5. The Morgan fingerprint density at radius 3 is 2.77 bits per heavy atom. The number of piperidine rings is 1. The first-order valence-electron chi connectivity index (χ1n) is 12.4. The van der Waals surface area contributed by atoms with Gasteiger partial charge >= 0.3 is 0 Å². The minimum absolute atomic E-state index is 0.137. The van der Waals surface area contributed by atoms with Crippen LogP contribution in [0.15, 0.2) is 30.7 Å². The van der Waals surface area contributed by atoms with Crippen LogP contribution in [-0.2, 0) is 10.3 Å². The molecular weight excluding hydrogens is 471 g/mol. The van der Waals surface area contributed by atoms with Gasteiger partial charge in [-0.2, -0.15) is 5.10 Å². The van der Waals surface area contributed by atoms with Gasteiger partial charge < -0.3 is 15.2 Å². The number of halogens is 2. The topological polar surface area (TPSA) is 88.3 Å². The molecular formula is C25H28ClFN6O2. The molecule has 5 fully saturated rings. The lowest BCUT2D eigenvalue weighted by Crippen LogP contribution is -2.59. The highest BCUT2D eigenvalue weighted by Crippen LogP contribution is 2.62. The number of fused-ring (bicyclic) bond motifs is 1. The van der Waals surface area contributed by atoms with E-state index in [9.17, 15) is 5.11 Å². The standard InChI is InChI=1S/C25H28ClFN6O2/c26-19-3-15-8-28-24(30-16-9-29-33(10-16)25-5-14(6-25)7-25)31-21(15)4-18(19)17-1-2-32(11-20(17)27)22-12-35-13-23(22)34/h3-4,8-10,14,17,20,22-23,34H,1-2,5-7,11-13H2,(H,28,30,31)/t14?,17-,20+,22+,23-,25?/m0/s1. The quantitative estimate of drug-likeness (QED) is 0.555. The fourth-order valence-electron chi connectivity index (χ4n) is 6.36. The number of ether oxygens (including phenoxy) is 1. The summed E-state index contributed by atoms with van der Waals surface area (Å²) < 4.78 is 22.8. The fraction of sp³-hybridized carbons (Fsp3) is 0.560. The Bertz CT molecular complexity index is 1270. The molecule has 3 saturated carbocycles. The van der Waals surface area contributed by atoms with Crippen molar-refractivity contribution >= 4 is 34.1 Å². The first-order chi connectivity index (χ1) is 17.0. The van der Waals surface area contributed by atoms with Crippen LogP contribution in [0.25, 0.3) is 10.9 Å². The molecule has 2 aromatic heterocycles. The molecule has 4 atom stereocenters. The number of rotatable bonds is 5. The Kier molecular flexibility index (Phi) is 5.07. The van der Waals surface area contributed by atoms with Crippen LogP contribution in [0.1, 0.15) is 37.2 Å². The van der Waals surface area contributed by atoms with Crippen molar-refractivity contribution in [1.82, 2.24) is 24.6 Å². The third-order valence-electron chi connectivity index (χ3n) is 8.49.